The molecule has 6 heteroatoms. The van der Waals surface area contributed by atoms with Crippen LogP contribution in [0.5, 0.6) is 5.75 Å². The van der Waals surface area contributed by atoms with Crippen LogP contribution in [0.4, 0.5) is 8.78 Å². The smallest absolute Gasteiger partial charge is 0.162 e. The van der Waals surface area contributed by atoms with Gasteiger partial charge in [0.15, 0.2) is 11.6 Å². The largest absolute Gasteiger partial charge is 0.487 e. The van der Waals surface area contributed by atoms with E-state index < -0.39 is 11.6 Å². The van der Waals surface area contributed by atoms with Crippen LogP contribution in [0, 0.1) is 18.6 Å². The van der Waals surface area contributed by atoms with Gasteiger partial charge in [-0.05, 0) is 35.0 Å². The van der Waals surface area contributed by atoms with E-state index in [2.05, 4.69) is 21.0 Å². The average molecular weight is 317 g/mol. The second kappa shape index (κ2) is 5.06. The predicted molar refractivity (Wildman–Crippen MR) is 66.3 cm³/mol. The molecule has 0 bridgehead atoms. The molecule has 1 aromatic carbocycles. The van der Waals surface area contributed by atoms with E-state index in [1.165, 1.54) is 6.07 Å². The third kappa shape index (κ3) is 2.53. The molecular weight excluding hydrogens is 306 g/mol. The second-order valence-corrected chi connectivity index (χ2v) is 4.63. The highest BCUT2D eigenvalue weighted by molar-refractivity contribution is 9.10. The van der Waals surface area contributed by atoms with Crippen LogP contribution >= 0.6 is 15.9 Å². The Morgan fingerprint density at radius 3 is 2.61 bits per heavy atom. The van der Waals surface area contributed by atoms with Gasteiger partial charge in [-0.2, -0.15) is 5.10 Å². The van der Waals surface area contributed by atoms with E-state index in [0.29, 0.717) is 0 Å². The lowest BCUT2D eigenvalue weighted by molar-refractivity contribution is 0.291. The van der Waals surface area contributed by atoms with E-state index in [1.54, 1.807) is 11.7 Å². The molecule has 0 aliphatic heterocycles. The van der Waals surface area contributed by atoms with Crippen LogP contribution in [-0.2, 0) is 13.7 Å². The maximum atomic E-state index is 13.0. The fourth-order valence-corrected chi connectivity index (χ4v) is 2.01. The molecule has 0 N–H and O–H groups in total. The molecule has 1 heterocycles. The molecule has 0 fully saturated rings. The first kappa shape index (κ1) is 13.0. The summed E-state index contributed by atoms with van der Waals surface area (Å²) in [6.45, 7) is 2.09. The zero-order chi connectivity index (χ0) is 13.3. The molecule has 0 amide bonds. The van der Waals surface area contributed by atoms with Gasteiger partial charge in [0.2, 0.25) is 0 Å². The number of aromatic nitrogens is 2. The van der Waals surface area contributed by atoms with Crippen molar-refractivity contribution in [2.75, 3.05) is 0 Å². The van der Waals surface area contributed by atoms with Gasteiger partial charge in [0, 0.05) is 13.1 Å². The lowest BCUT2D eigenvalue weighted by Gasteiger charge is -2.07. The normalized spacial score (nSPS) is 10.7. The molecule has 1 aromatic heterocycles. The molecule has 0 saturated heterocycles. The fourth-order valence-electron chi connectivity index (χ4n) is 1.56. The number of ether oxygens (including phenoxy) is 1. The highest BCUT2D eigenvalue weighted by atomic mass is 79.9. The molecule has 2 aromatic rings. The van der Waals surface area contributed by atoms with E-state index in [-0.39, 0.29) is 12.4 Å². The maximum absolute atomic E-state index is 13.0. The Kier molecular flexibility index (Phi) is 3.65. The maximum Gasteiger partial charge on any atom is 0.162 e. The van der Waals surface area contributed by atoms with Crippen molar-refractivity contribution in [3.63, 3.8) is 0 Å². The van der Waals surface area contributed by atoms with Gasteiger partial charge in [-0.3, -0.25) is 4.68 Å². The first-order valence-electron chi connectivity index (χ1n) is 5.25. The summed E-state index contributed by atoms with van der Waals surface area (Å²) in [5.74, 6) is -1.53. The summed E-state index contributed by atoms with van der Waals surface area (Å²) in [6, 6.07) is 3.44. The highest BCUT2D eigenvalue weighted by Gasteiger charge is 2.11. The molecule has 18 heavy (non-hydrogen) atoms. The highest BCUT2D eigenvalue weighted by Crippen LogP contribution is 2.22. The topological polar surface area (TPSA) is 27.1 Å². The summed E-state index contributed by atoms with van der Waals surface area (Å²) in [5.41, 5.74) is 1.68. The van der Waals surface area contributed by atoms with E-state index in [0.717, 1.165) is 28.0 Å². The lowest BCUT2D eigenvalue weighted by atomic mass is 10.3. The van der Waals surface area contributed by atoms with E-state index in [1.807, 2.05) is 6.92 Å². The van der Waals surface area contributed by atoms with Crippen molar-refractivity contribution in [2.45, 2.75) is 13.5 Å². The predicted octanol–water partition coefficient (Wildman–Crippen LogP) is 3.35. The minimum atomic E-state index is -0.923. The van der Waals surface area contributed by atoms with Gasteiger partial charge >= 0.3 is 0 Å². The third-order valence-electron chi connectivity index (χ3n) is 2.53. The lowest BCUT2D eigenvalue weighted by Crippen LogP contribution is -2.04. The van der Waals surface area contributed by atoms with Gasteiger partial charge < -0.3 is 4.74 Å². The fraction of sp³-hybridized carbons (Fsp3) is 0.250. The molecule has 3 nitrogen and oxygen atoms in total. The summed E-state index contributed by atoms with van der Waals surface area (Å²) >= 11 is 3.40. The Morgan fingerprint density at radius 2 is 2.06 bits per heavy atom. The number of hydrogen-bond acceptors (Lipinski definition) is 2. The molecule has 0 saturated carbocycles. The average Bonchev–Trinajstić information content (AvgIpc) is 2.56. The zero-order valence-corrected chi connectivity index (χ0v) is 11.5. The number of halogens is 3. The van der Waals surface area contributed by atoms with Gasteiger partial charge in [-0.15, -0.1) is 0 Å². The molecule has 0 unspecified atom stereocenters. The minimum Gasteiger partial charge on any atom is -0.487 e. The summed E-state index contributed by atoms with van der Waals surface area (Å²) in [6.07, 6.45) is 0. The molecule has 0 atom stereocenters. The Bertz CT molecular complexity index is 584. The number of nitrogens with zero attached hydrogens (tertiary/aromatic N) is 2. The minimum absolute atomic E-state index is 0.225. The SMILES string of the molecule is Cc1nn(C)c(COc2ccc(F)c(F)c2)c1Br. The van der Waals surface area contributed by atoms with Crippen molar-refractivity contribution in [3.8, 4) is 5.75 Å². The number of benzene rings is 1. The van der Waals surface area contributed by atoms with Crippen molar-refractivity contribution in [3.05, 3.63) is 45.7 Å². The van der Waals surface area contributed by atoms with Crippen molar-refractivity contribution in [1.29, 1.82) is 0 Å². The van der Waals surface area contributed by atoms with Crippen molar-refractivity contribution in [1.82, 2.24) is 9.78 Å². The monoisotopic (exact) mass is 316 g/mol. The van der Waals surface area contributed by atoms with Crippen molar-refractivity contribution >= 4 is 15.9 Å². The Morgan fingerprint density at radius 1 is 1.33 bits per heavy atom. The molecule has 0 aliphatic carbocycles. The van der Waals surface area contributed by atoms with Crippen LogP contribution in [0.2, 0.25) is 0 Å². The number of hydrogen-bond donors (Lipinski definition) is 0. The van der Waals surface area contributed by atoms with Crippen molar-refractivity contribution in [2.24, 2.45) is 7.05 Å². The van der Waals surface area contributed by atoms with Crippen LogP contribution in [-0.4, -0.2) is 9.78 Å². The van der Waals surface area contributed by atoms with Gasteiger partial charge in [-0.25, -0.2) is 8.78 Å². The van der Waals surface area contributed by atoms with E-state index in [9.17, 15) is 8.78 Å². The molecule has 0 radical (unpaired) electrons. The first-order valence-corrected chi connectivity index (χ1v) is 6.04. The van der Waals surface area contributed by atoms with Crippen molar-refractivity contribution < 1.29 is 13.5 Å². The summed E-state index contributed by atoms with van der Waals surface area (Å²) in [4.78, 5) is 0. The number of rotatable bonds is 3. The Labute approximate surface area is 112 Å². The summed E-state index contributed by atoms with van der Waals surface area (Å²) < 4.78 is 33.7. The molecule has 2 rings (SSSR count). The standard InChI is InChI=1S/C12H11BrF2N2O/c1-7-12(13)11(17(2)16-7)6-18-8-3-4-9(14)10(15)5-8/h3-5H,6H2,1-2H3. The summed E-state index contributed by atoms with van der Waals surface area (Å²) in [5, 5.41) is 4.21. The number of aryl methyl sites for hydroxylation is 2. The van der Waals surface area contributed by atoms with Crippen LogP contribution < -0.4 is 4.74 Å². The van der Waals surface area contributed by atoms with Crippen LogP contribution in [0.1, 0.15) is 11.4 Å². The molecule has 0 aliphatic rings. The van der Waals surface area contributed by atoms with Gasteiger partial charge in [0.25, 0.3) is 0 Å². The Balaban J connectivity index is 2.14. The van der Waals surface area contributed by atoms with Gasteiger partial charge in [0.1, 0.15) is 12.4 Å². The summed E-state index contributed by atoms with van der Waals surface area (Å²) in [7, 11) is 1.79. The van der Waals surface area contributed by atoms with Gasteiger partial charge in [-0.1, -0.05) is 0 Å². The molecule has 0 spiro atoms. The molecule has 96 valence electrons. The Hall–Kier alpha value is -1.43. The van der Waals surface area contributed by atoms with Crippen LogP contribution in [0.3, 0.4) is 0 Å². The zero-order valence-electron chi connectivity index (χ0n) is 9.88. The quantitative estimate of drug-likeness (QED) is 0.868. The molecular formula is C12H11BrF2N2O. The van der Waals surface area contributed by atoms with Crippen LogP contribution in [0.15, 0.2) is 22.7 Å². The van der Waals surface area contributed by atoms with Crippen LogP contribution in [0.25, 0.3) is 0 Å². The van der Waals surface area contributed by atoms with E-state index >= 15 is 0 Å². The first-order chi connectivity index (χ1) is 8.49. The van der Waals surface area contributed by atoms with E-state index in [4.69, 9.17) is 4.74 Å². The second-order valence-electron chi connectivity index (χ2n) is 3.83. The van der Waals surface area contributed by atoms with Gasteiger partial charge in [0.05, 0.1) is 15.9 Å². The third-order valence-corrected chi connectivity index (χ3v) is 3.56.